The van der Waals surface area contributed by atoms with Crippen molar-refractivity contribution in [2.75, 3.05) is 26.2 Å². The highest BCUT2D eigenvalue weighted by Gasteiger charge is 2.35. The van der Waals surface area contributed by atoms with Crippen LogP contribution in [0.1, 0.15) is 64.7 Å². The van der Waals surface area contributed by atoms with Gasteiger partial charge in [0, 0.05) is 19.6 Å². The van der Waals surface area contributed by atoms with E-state index in [1.54, 1.807) is 0 Å². The van der Waals surface area contributed by atoms with Gasteiger partial charge < -0.3 is 15.4 Å². The third kappa shape index (κ3) is 4.68. The van der Waals surface area contributed by atoms with E-state index in [0.717, 1.165) is 44.7 Å². The molecule has 4 nitrogen and oxygen atoms in total. The van der Waals surface area contributed by atoms with Gasteiger partial charge in [-0.15, -0.1) is 0 Å². The Balaban J connectivity index is 1.80. The Labute approximate surface area is 129 Å². The van der Waals surface area contributed by atoms with E-state index in [1.807, 2.05) is 4.90 Å². The molecule has 1 aliphatic carbocycles. The van der Waals surface area contributed by atoms with E-state index in [0.29, 0.717) is 6.54 Å². The minimum atomic E-state index is -0.243. The summed E-state index contributed by atoms with van der Waals surface area (Å²) in [6.45, 7) is 4.81. The molecule has 1 aliphatic heterocycles. The molecule has 0 unspecified atom stereocenters. The molecule has 1 saturated heterocycles. The van der Waals surface area contributed by atoms with Gasteiger partial charge in [0.15, 0.2) is 0 Å². The predicted octanol–water partition coefficient (Wildman–Crippen LogP) is 2.70. The van der Waals surface area contributed by atoms with Crippen LogP contribution in [0.2, 0.25) is 0 Å². The average molecular weight is 296 g/mol. The standard InChI is InChI=1S/C17H32N2O2/c1-2-15-7-9-17(14-18,10-8-15)21-13-16(20)19-11-5-3-4-6-12-19/h15H,2-14,18H2,1H3. The van der Waals surface area contributed by atoms with Gasteiger partial charge >= 0.3 is 0 Å². The highest BCUT2D eigenvalue weighted by Crippen LogP contribution is 2.35. The number of hydrogen-bond donors (Lipinski definition) is 1. The van der Waals surface area contributed by atoms with Gasteiger partial charge in [-0.2, -0.15) is 0 Å². The van der Waals surface area contributed by atoms with Crippen molar-refractivity contribution in [3.8, 4) is 0 Å². The van der Waals surface area contributed by atoms with Crippen molar-refractivity contribution in [1.29, 1.82) is 0 Å². The van der Waals surface area contributed by atoms with Crippen LogP contribution >= 0.6 is 0 Å². The maximum Gasteiger partial charge on any atom is 0.248 e. The topological polar surface area (TPSA) is 55.6 Å². The van der Waals surface area contributed by atoms with Crippen molar-refractivity contribution >= 4 is 5.91 Å². The first kappa shape index (κ1) is 16.8. The van der Waals surface area contributed by atoms with E-state index in [-0.39, 0.29) is 18.1 Å². The van der Waals surface area contributed by atoms with Gasteiger partial charge in [0.05, 0.1) is 5.60 Å². The van der Waals surface area contributed by atoms with Gasteiger partial charge in [-0.3, -0.25) is 4.79 Å². The van der Waals surface area contributed by atoms with E-state index in [1.165, 1.54) is 32.1 Å². The molecule has 0 spiro atoms. The molecular formula is C17H32N2O2. The summed E-state index contributed by atoms with van der Waals surface area (Å²) in [5.74, 6) is 0.969. The number of likely N-dealkylation sites (tertiary alicyclic amines) is 1. The third-order valence-corrected chi connectivity index (χ3v) is 5.43. The number of hydrogen-bond acceptors (Lipinski definition) is 3. The number of carbonyl (C=O) groups excluding carboxylic acids is 1. The highest BCUT2D eigenvalue weighted by molar-refractivity contribution is 5.77. The van der Waals surface area contributed by atoms with Gasteiger partial charge in [0.25, 0.3) is 0 Å². The van der Waals surface area contributed by atoms with Crippen LogP contribution < -0.4 is 5.73 Å². The first-order chi connectivity index (χ1) is 10.2. The molecule has 1 heterocycles. The molecule has 2 rings (SSSR count). The lowest BCUT2D eigenvalue weighted by molar-refractivity contribution is -0.146. The first-order valence-corrected chi connectivity index (χ1v) is 8.81. The number of carbonyl (C=O) groups is 1. The fourth-order valence-corrected chi connectivity index (χ4v) is 3.65. The molecule has 2 N–H and O–H groups in total. The molecule has 0 radical (unpaired) electrons. The van der Waals surface area contributed by atoms with Crippen LogP contribution in [0.5, 0.6) is 0 Å². The van der Waals surface area contributed by atoms with E-state index in [4.69, 9.17) is 10.5 Å². The van der Waals surface area contributed by atoms with Crippen LogP contribution in [0.25, 0.3) is 0 Å². The zero-order valence-electron chi connectivity index (χ0n) is 13.6. The van der Waals surface area contributed by atoms with Gasteiger partial charge in [0.1, 0.15) is 6.61 Å². The maximum atomic E-state index is 12.3. The van der Waals surface area contributed by atoms with Crippen LogP contribution in [0.3, 0.4) is 0 Å². The predicted molar refractivity (Wildman–Crippen MR) is 85.0 cm³/mol. The number of amides is 1. The lowest BCUT2D eigenvalue weighted by Crippen LogP contribution is -2.46. The largest absolute Gasteiger partial charge is 0.364 e. The number of nitrogens with two attached hydrogens (primary N) is 1. The van der Waals surface area contributed by atoms with Gasteiger partial charge in [-0.25, -0.2) is 0 Å². The van der Waals surface area contributed by atoms with Crippen LogP contribution in [-0.2, 0) is 9.53 Å². The lowest BCUT2D eigenvalue weighted by atomic mass is 9.77. The zero-order valence-corrected chi connectivity index (χ0v) is 13.6. The Bertz CT molecular complexity index is 317. The van der Waals surface area contributed by atoms with Crippen molar-refractivity contribution in [3.05, 3.63) is 0 Å². The summed E-state index contributed by atoms with van der Waals surface area (Å²) < 4.78 is 6.05. The van der Waals surface area contributed by atoms with E-state index >= 15 is 0 Å². The van der Waals surface area contributed by atoms with Crippen LogP contribution in [0.4, 0.5) is 0 Å². The molecule has 1 saturated carbocycles. The second-order valence-electron chi connectivity index (χ2n) is 6.82. The Morgan fingerprint density at radius 2 is 1.81 bits per heavy atom. The minimum Gasteiger partial charge on any atom is -0.364 e. The van der Waals surface area contributed by atoms with Crippen molar-refractivity contribution in [2.24, 2.45) is 11.7 Å². The summed E-state index contributed by atoms with van der Waals surface area (Å²) in [4.78, 5) is 14.3. The monoisotopic (exact) mass is 296 g/mol. The molecule has 4 heteroatoms. The van der Waals surface area contributed by atoms with Crippen LogP contribution in [0.15, 0.2) is 0 Å². The van der Waals surface area contributed by atoms with Crippen molar-refractivity contribution < 1.29 is 9.53 Å². The molecule has 0 aromatic carbocycles. The quantitative estimate of drug-likeness (QED) is 0.848. The Hall–Kier alpha value is -0.610. The zero-order chi connectivity index (χ0) is 15.1. The molecule has 122 valence electrons. The van der Waals surface area contributed by atoms with Crippen molar-refractivity contribution in [3.63, 3.8) is 0 Å². The number of ether oxygens (including phenoxy) is 1. The fraction of sp³-hybridized carbons (Fsp3) is 0.941. The highest BCUT2D eigenvalue weighted by atomic mass is 16.5. The summed E-state index contributed by atoms with van der Waals surface area (Å²) in [5.41, 5.74) is 5.72. The van der Waals surface area contributed by atoms with Gasteiger partial charge in [0.2, 0.25) is 5.91 Å². The SMILES string of the molecule is CCC1CCC(CN)(OCC(=O)N2CCCCCC2)CC1. The summed E-state index contributed by atoms with van der Waals surface area (Å²) in [5, 5.41) is 0. The maximum absolute atomic E-state index is 12.3. The number of nitrogens with zero attached hydrogens (tertiary/aromatic N) is 1. The Morgan fingerprint density at radius 3 is 2.33 bits per heavy atom. The van der Waals surface area contributed by atoms with Crippen LogP contribution in [-0.4, -0.2) is 42.6 Å². The third-order valence-electron chi connectivity index (χ3n) is 5.43. The molecule has 21 heavy (non-hydrogen) atoms. The molecular weight excluding hydrogens is 264 g/mol. The molecule has 0 bridgehead atoms. The summed E-state index contributed by atoms with van der Waals surface area (Å²) >= 11 is 0. The normalized spacial score (nSPS) is 31.0. The first-order valence-electron chi connectivity index (χ1n) is 8.81. The van der Waals surface area contributed by atoms with Crippen LogP contribution in [0, 0.1) is 5.92 Å². The number of rotatable bonds is 5. The Morgan fingerprint density at radius 1 is 1.19 bits per heavy atom. The van der Waals surface area contributed by atoms with E-state index in [9.17, 15) is 4.79 Å². The van der Waals surface area contributed by atoms with E-state index < -0.39 is 0 Å². The van der Waals surface area contributed by atoms with Gasteiger partial charge in [-0.05, 0) is 44.4 Å². The van der Waals surface area contributed by atoms with Crippen molar-refractivity contribution in [2.45, 2.75) is 70.3 Å². The molecule has 1 amide bonds. The molecule has 0 aromatic heterocycles. The average Bonchev–Trinajstić information content (AvgIpc) is 2.82. The smallest absolute Gasteiger partial charge is 0.248 e. The fourth-order valence-electron chi connectivity index (χ4n) is 3.65. The Kier molecular flexibility index (Phi) is 6.49. The molecule has 0 atom stereocenters. The second kappa shape index (κ2) is 8.14. The van der Waals surface area contributed by atoms with Gasteiger partial charge in [-0.1, -0.05) is 26.2 Å². The second-order valence-corrected chi connectivity index (χ2v) is 6.82. The summed E-state index contributed by atoms with van der Waals surface area (Å²) in [6.07, 6.45) is 10.4. The molecule has 2 fully saturated rings. The summed E-state index contributed by atoms with van der Waals surface area (Å²) in [7, 11) is 0. The van der Waals surface area contributed by atoms with E-state index in [2.05, 4.69) is 6.92 Å². The summed E-state index contributed by atoms with van der Waals surface area (Å²) in [6, 6.07) is 0. The minimum absolute atomic E-state index is 0.155. The molecule has 0 aromatic rings. The molecule has 2 aliphatic rings. The van der Waals surface area contributed by atoms with Crippen molar-refractivity contribution in [1.82, 2.24) is 4.90 Å². The lowest BCUT2D eigenvalue weighted by Gasteiger charge is -2.39.